The van der Waals surface area contributed by atoms with Gasteiger partial charge in [-0.25, -0.2) is 8.51 Å². The van der Waals surface area contributed by atoms with Crippen LogP contribution in [0.15, 0.2) is 42.7 Å². The highest BCUT2D eigenvalue weighted by Crippen LogP contribution is 2.35. The summed E-state index contributed by atoms with van der Waals surface area (Å²) in [5.41, 5.74) is 2.63. The Morgan fingerprint density at radius 2 is 2.11 bits per heavy atom. The van der Waals surface area contributed by atoms with Gasteiger partial charge in [-0.3, -0.25) is 14.0 Å². The summed E-state index contributed by atoms with van der Waals surface area (Å²) in [6.45, 7) is 4.13. The lowest BCUT2D eigenvalue weighted by Crippen LogP contribution is -2.24. The molecule has 0 fully saturated rings. The van der Waals surface area contributed by atoms with Gasteiger partial charge in [-0.1, -0.05) is 6.07 Å². The van der Waals surface area contributed by atoms with Crippen molar-refractivity contribution in [3.05, 3.63) is 64.3 Å². The number of hydrogen-bond donors (Lipinski definition) is 2. The number of rotatable bonds is 6. The average molecular weight is 405 g/mol. The number of aryl methyl sites for hydroxylation is 3. The third-order valence-corrected chi connectivity index (χ3v) is 5.79. The number of thiophene rings is 1. The van der Waals surface area contributed by atoms with Crippen molar-refractivity contribution in [3.63, 3.8) is 0 Å². The predicted molar refractivity (Wildman–Crippen MR) is 108 cm³/mol. The standard InChI is InChI=1S/C18H20N4O3S2/c1-12-4-6-15(18(23)19-9-14-10-20-21(3)11-14)8-16(12)22(27(24)25)17-7-5-13(2)26-17/h4-8,10-11H,9H2,1-3H3,(H,19,23)(H,24,25). The molecule has 2 heterocycles. The number of benzene rings is 1. The molecule has 142 valence electrons. The van der Waals surface area contributed by atoms with Gasteiger partial charge in [-0.2, -0.15) is 5.10 Å². The van der Waals surface area contributed by atoms with Crippen LogP contribution in [0.4, 0.5) is 10.7 Å². The molecular weight excluding hydrogens is 384 g/mol. The van der Waals surface area contributed by atoms with Gasteiger partial charge in [-0.05, 0) is 43.7 Å². The molecular formula is C18H20N4O3S2. The Balaban J connectivity index is 1.86. The van der Waals surface area contributed by atoms with Crippen LogP contribution in [0.1, 0.15) is 26.4 Å². The van der Waals surface area contributed by atoms with Crippen LogP contribution in [-0.2, 0) is 24.9 Å². The highest BCUT2D eigenvalue weighted by molar-refractivity contribution is 7.81. The lowest BCUT2D eigenvalue weighted by atomic mass is 10.1. The Bertz CT molecular complexity index is 996. The van der Waals surface area contributed by atoms with Crippen LogP contribution in [0.5, 0.6) is 0 Å². The fourth-order valence-electron chi connectivity index (χ4n) is 2.63. The molecule has 0 bridgehead atoms. The quantitative estimate of drug-likeness (QED) is 0.617. The molecule has 3 rings (SSSR count). The van der Waals surface area contributed by atoms with Gasteiger partial charge in [0.05, 0.1) is 11.9 Å². The van der Waals surface area contributed by atoms with E-state index in [1.807, 2.05) is 33.2 Å². The minimum Gasteiger partial charge on any atom is -0.348 e. The summed E-state index contributed by atoms with van der Waals surface area (Å²) >= 11 is -0.839. The van der Waals surface area contributed by atoms with E-state index in [0.29, 0.717) is 22.8 Å². The van der Waals surface area contributed by atoms with E-state index >= 15 is 0 Å². The van der Waals surface area contributed by atoms with E-state index < -0.39 is 11.3 Å². The van der Waals surface area contributed by atoms with Gasteiger partial charge in [0.1, 0.15) is 5.00 Å². The van der Waals surface area contributed by atoms with E-state index in [1.165, 1.54) is 15.6 Å². The Morgan fingerprint density at radius 3 is 2.70 bits per heavy atom. The molecule has 0 saturated heterocycles. The zero-order valence-corrected chi connectivity index (χ0v) is 16.8. The van der Waals surface area contributed by atoms with Crippen LogP contribution in [0.25, 0.3) is 0 Å². The van der Waals surface area contributed by atoms with Crippen molar-refractivity contribution in [2.24, 2.45) is 7.05 Å². The van der Waals surface area contributed by atoms with Crippen LogP contribution in [0.2, 0.25) is 0 Å². The summed E-state index contributed by atoms with van der Waals surface area (Å²) in [6, 6.07) is 8.80. The Morgan fingerprint density at radius 1 is 1.33 bits per heavy atom. The number of nitrogens with zero attached hydrogens (tertiary/aromatic N) is 3. The number of hydrogen-bond acceptors (Lipinski definition) is 4. The molecule has 1 atom stereocenters. The van der Waals surface area contributed by atoms with E-state index in [0.717, 1.165) is 16.0 Å². The third kappa shape index (κ3) is 4.44. The maximum atomic E-state index is 12.5. The highest BCUT2D eigenvalue weighted by atomic mass is 32.2. The number of carbonyl (C=O) groups is 1. The maximum absolute atomic E-state index is 12.5. The molecule has 2 aromatic heterocycles. The van der Waals surface area contributed by atoms with E-state index in [2.05, 4.69) is 10.4 Å². The topological polar surface area (TPSA) is 87.5 Å². The predicted octanol–water partition coefficient (Wildman–Crippen LogP) is 3.30. The molecule has 2 N–H and O–H groups in total. The molecule has 3 aromatic rings. The molecule has 0 aliphatic heterocycles. The second-order valence-electron chi connectivity index (χ2n) is 6.12. The highest BCUT2D eigenvalue weighted by Gasteiger charge is 2.20. The Labute approximate surface area is 164 Å². The van der Waals surface area contributed by atoms with Gasteiger partial charge < -0.3 is 5.32 Å². The molecule has 1 amide bonds. The molecule has 9 heteroatoms. The average Bonchev–Trinajstić information content (AvgIpc) is 3.22. The van der Waals surface area contributed by atoms with Crippen molar-refractivity contribution in [2.45, 2.75) is 20.4 Å². The van der Waals surface area contributed by atoms with Crippen LogP contribution in [0.3, 0.4) is 0 Å². The summed E-state index contributed by atoms with van der Waals surface area (Å²) in [5, 5.41) is 7.55. The molecule has 27 heavy (non-hydrogen) atoms. The number of aromatic nitrogens is 2. The van der Waals surface area contributed by atoms with Gasteiger partial charge in [-0.15, -0.1) is 11.3 Å². The van der Waals surface area contributed by atoms with Gasteiger partial charge in [0.2, 0.25) is 0 Å². The van der Waals surface area contributed by atoms with Gasteiger partial charge in [0.25, 0.3) is 17.2 Å². The van der Waals surface area contributed by atoms with E-state index in [4.69, 9.17) is 0 Å². The number of nitrogens with one attached hydrogen (secondary N) is 1. The SMILES string of the molecule is Cc1ccc(N(c2cc(C(=O)NCc3cnn(C)c3)ccc2C)S(=O)O)s1. The van der Waals surface area contributed by atoms with Crippen molar-refractivity contribution < 1.29 is 13.6 Å². The second-order valence-corrected chi connectivity index (χ2v) is 8.21. The van der Waals surface area contributed by atoms with Crippen molar-refractivity contribution in [2.75, 3.05) is 4.31 Å². The monoisotopic (exact) mass is 404 g/mol. The van der Waals surface area contributed by atoms with Crippen LogP contribution in [-0.4, -0.2) is 24.4 Å². The minimum atomic E-state index is -2.25. The zero-order valence-electron chi connectivity index (χ0n) is 15.2. The zero-order chi connectivity index (χ0) is 19.6. The molecule has 0 saturated carbocycles. The first-order chi connectivity index (χ1) is 12.8. The van der Waals surface area contributed by atoms with Crippen LogP contribution >= 0.6 is 11.3 Å². The lowest BCUT2D eigenvalue weighted by Gasteiger charge is -2.21. The Kier molecular flexibility index (Phi) is 5.73. The van der Waals surface area contributed by atoms with Crippen molar-refractivity contribution in [1.29, 1.82) is 0 Å². The molecule has 0 radical (unpaired) electrons. The Hall–Kier alpha value is -2.49. The van der Waals surface area contributed by atoms with Crippen molar-refractivity contribution >= 4 is 39.2 Å². The molecule has 1 unspecified atom stereocenters. The molecule has 0 aliphatic rings. The molecule has 0 spiro atoms. The fourth-order valence-corrected chi connectivity index (χ4v) is 4.29. The fraction of sp³-hybridized carbons (Fsp3) is 0.222. The minimum absolute atomic E-state index is 0.258. The first-order valence-corrected chi connectivity index (χ1v) is 10.1. The lowest BCUT2D eigenvalue weighted by molar-refractivity contribution is 0.0951. The number of anilines is 2. The summed E-state index contributed by atoms with van der Waals surface area (Å²) in [4.78, 5) is 13.6. The van der Waals surface area contributed by atoms with E-state index in [-0.39, 0.29) is 5.91 Å². The molecule has 7 nitrogen and oxygen atoms in total. The summed E-state index contributed by atoms with van der Waals surface area (Å²) in [6.07, 6.45) is 3.52. The third-order valence-electron chi connectivity index (χ3n) is 3.98. The van der Waals surface area contributed by atoms with Crippen molar-refractivity contribution in [1.82, 2.24) is 15.1 Å². The summed E-state index contributed by atoms with van der Waals surface area (Å²) in [5.74, 6) is -0.258. The molecule has 0 aliphatic carbocycles. The number of amides is 1. The van der Waals surface area contributed by atoms with Crippen LogP contribution < -0.4 is 9.62 Å². The normalized spacial score (nSPS) is 12.0. The molecule has 1 aromatic carbocycles. The second kappa shape index (κ2) is 8.03. The van der Waals surface area contributed by atoms with Gasteiger partial charge in [0, 0.05) is 35.8 Å². The van der Waals surface area contributed by atoms with E-state index in [1.54, 1.807) is 35.1 Å². The van der Waals surface area contributed by atoms with Crippen LogP contribution in [0, 0.1) is 13.8 Å². The largest absolute Gasteiger partial charge is 0.348 e. The maximum Gasteiger partial charge on any atom is 0.267 e. The van der Waals surface area contributed by atoms with Crippen molar-refractivity contribution in [3.8, 4) is 0 Å². The van der Waals surface area contributed by atoms with Gasteiger partial charge >= 0.3 is 0 Å². The first-order valence-electron chi connectivity index (χ1n) is 8.19. The van der Waals surface area contributed by atoms with E-state index in [9.17, 15) is 13.6 Å². The summed E-state index contributed by atoms with van der Waals surface area (Å²) < 4.78 is 24.8. The van der Waals surface area contributed by atoms with Gasteiger partial charge in [0.15, 0.2) is 0 Å². The first kappa shape index (κ1) is 19.3. The smallest absolute Gasteiger partial charge is 0.267 e. The summed E-state index contributed by atoms with van der Waals surface area (Å²) in [7, 11) is 1.81. The number of carbonyl (C=O) groups excluding carboxylic acids is 1.